The zero-order valence-corrected chi connectivity index (χ0v) is 11.7. The molecule has 0 heterocycles. The first-order chi connectivity index (χ1) is 9.13. The van der Waals surface area contributed by atoms with Crippen LogP contribution in [0.5, 0.6) is 0 Å². The highest BCUT2D eigenvalue weighted by atomic mass is 16.5. The normalized spacial score (nSPS) is 14.7. The smallest absolute Gasteiger partial charge is 0.250 e. The molecule has 1 amide bonds. The van der Waals surface area contributed by atoms with Crippen LogP contribution in [0.25, 0.3) is 0 Å². The second-order valence-corrected chi connectivity index (χ2v) is 5.44. The van der Waals surface area contributed by atoms with Crippen LogP contribution in [0.4, 0.5) is 5.69 Å². The van der Waals surface area contributed by atoms with Crippen molar-refractivity contribution in [2.45, 2.75) is 19.4 Å². The van der Waals surface area contributed by atoms with Crippen LogP contribution in [0, 0.1) is 5.92 Å². The predicted octanol–water partition coefficient (Wildman–Crippen LogP) is 2.11. The molecule has 0 unspecified atom stereocenters. The minimum Gasteiger partial charge on any atom is -0.371 e. The van der Waals surface area contributed by atoms with Crippen LogP contribution in [0.1, 0.15) is 18.4 Å². The first-order valence-corrected chi connectivity index (χ1v) is 6.75. The quantitative estimate of drug-likeness (QED) is 0.818. The molecular formula is C15H22N2O2. The third-order valence-electron chi connectivity index (χ3n) is 2.99. The van der Waals surface area contributed by atoms with Crippen molar-refractivity contribution in [2.24, 2.45) is 5.92 Å². The Bertz CT molecular complexity index is 428. The third-order valence-corrected chi connectivity index (χ3v) is 2.99. The highest BCUT2D eigenvalue weighted by Gasteiger charge is 2.21. The molecule has 1 fully saturated rings. The number of hydrogen-bond donors (Lipinski definition) is 1. The summed E-state index contributed by atoms with van der Waals surface area (Å²) >= 11 is 0. The van der Waals surface area contributed by atoms with Crippen molar-refractivity contribution in [1.29, 1.82) is 0 Å². The van der Waals surface area contributed by atoms with Gasteiger partial charge < -0.3 is 15.0 Å². The average molecular weight is 262 g/mol. The molecule has 1 saturated carbocycles. The van der Waals surface area contributed by atoms with E-state index < -0.39 is 0 Å². The van der Waals surface area contributed by atoms with Gasteiger partial charge in [-0.25, -0.2) is 0 Å². The number of hydrogen-bond acceptors (Lipinski definition) is 3. The molecule has 4 nitrogen and oxygen atoms in total. The summed E-state index contributed by atoms with van der Waals surface area (Å²) in [5.74, 6) is 0.610. The van der Waals surface area contributed by atoms with E-state index in [2.05, 4.69) is 16.3 Å². The van der Waals surface area contributed by atoms with Crippen molar-refractivity contribution in [2.75, 3.05) is 32.6 Å². The molecule has 104 valence electrons. The van der Waals surface area contributed by atoms with Crippen molar-refractivity contribution in [3.63, 3.8) is 0 Å². The molecular weight excluding hydrogens is 240 g/mol. The van der Waals surface area contributed by atoms with Crippen LogP contribution in [-0.4, -0.2) is 38.1 Å². The number of ether oxygens (including phenoxy) is 1. The summed E-state index contributed by atoms with van der Waals surface area (Å²) in [5.41, 5.74) is 2.01. The van der Waals surface area contributed by atoms with E-state index in [0.29, 0.717) is 12.5 Å². The summed E-state index contributed by atoms with van der Waals surface area (Å²) in [7, 11) is 4.05. The van der Waals surface area contributed by atoms with E-state index in [1.54, 1.807) is 0 Å². The van der Waals surface area contributed by atoms with Gasteiger partial charge in [0.05, 0.1) is 6.61 Å². The lowest BCUT2D eigenvalue weighted by atomic mass is 10.2. The maximum atomic E-state index is 11.7. The van der Waals surface area contributed by atoms with Crippen molar-refractivity contribution in [3.05, 3.63) is 29.8 Å². The van der Waals surface area contributed by atoms with Gasteiger partial charge in [0.25, 0.3) is 0 Å². The van der Waals surface area contributed by atoms with E-state index in [4.69, 9.17) is 4.74 Å². The van der Waals surface area contributed by atoms with Crippen LogP contribution in [0.3, 0.4) is 0 Å². The second-order valence-electron chi connectivity index (χ2n) is 5.44. The van der Waals surface area contributed by atoms with Crippen LogP contribution in [0.15, 0.2) is 24.3 Å². The predicted molar refractivity (Wildman–Crippen MR) is 76.0 cm³/mol. The first-order valence-electron chi connectivity index (χ1n) is 6.75. The molecule has 19 heavy (non-hydrogen) atoms. The molecule has 1 aliphatic rings. The van der Waals surface area contributed by atoms with Gasteiger partial charge in [-0.05, 0) is 50.6 Å². The Kier molecular flexibility index (Phi) is 4.93. The summed E-state index contributed by atoms with van der Waals surface area (Å²) in [6, 6.07) is 7.91. The number of carbonyl (C=O) groups excluding carboxylic acids is 1. The number of nitrogens with zero attached hydrogens (tertiary/aromatic N) is 1. The molecule has 0 aliphatic heterocycles. The molecule has 2 rings (SSSR count). The molecule has 0 saturated heterocycles. The van der Waals surface area contributed by atoms with Gasteiger partial charge in [-0.15, -0.1) is 0 Å². The number of nitrogens with one attached hydrogen (secondary N) is 1. The summed E-state index contributed by atoms with van der Waals surface area (Å²) in [5, 5.41) is 2.87. The number of anilines is 1. The van der Waals surface area contributed by atoms with Crippen molar-refractivity contribution in [3.8, 4) is 0 Å². The van der Waals surface area contributed by atoms with Crippen LogP contribution < -0.4 is 5.32 Å². The Balaban J connectivity index is 1.78. The zero-order valence-electron chi connectivity index (χ0n) is 11.7. The summed E-state index contributed by atoms with van der Waals surface area (Å²) in [6.07, 6.45) is 2.49. The van der Waals surface area contributed by atoms with E-state index in [-0.39, 0.29) is 12.5 Å². The molecule has 1 aromatic carbocycles. The Labute approximate surface area is 114 Å². The second kappa shape index (κ2) is 6.68. The number of rotatable bonds is 7. The Hall–Kier alpha value is -1.39. The first kappa shape index (κ1) is 14.0. The largest absolute Gasteiger partial charge is 0.371 e. The molecule has 0 bridgehead atoms. The Morgan fingerprint density at radius 3 is 2.89 bits per heavy atom. The minimum absolute atomic E-state index is 0.0809. The fraction of sp³-hybridized carbons (Fsp3) is 0.533. The summed E-state index contributed by atoms with van der Waals surface area (Å²) in [4.78, 5) is 13.8. The van der Waals surface area contributed by atoms with Crippen LogP contribution in [-0.2, 0) is 16.1 Å². The van der Waals surface area contributed by atoms with Gasteiger partial charge in [-0.2, -0.15) is 0 Å². The van der Waals surface area contributed by atoms with Gasteiger partial charge >= 0.3 is 0 Å². The molecule has 0 aromatic heterocycles. The molecule has 1 aromatic rings. The lowest BCUT2D eigenvalue weighted by Gasteiger charge is -2.11. The minimum atomic E-state index is -0.0809. The lowest BCUT2D eigenvalue weighted by molar-refractivity contribution is -0.120. The molecule has 0 atom stereocenters. The SMILES string of the molecule is CN(C)Cc1cccc(NC(=O)COCC2CC2)c1. The maximum absolute atomic E-state index is 11.7. The number of carbonyl (C=O) groups is 1. The zero-order chi connectivity index (χ0) is 13.7. The van der Waals surface area contributed by atoms with Gasteiger partial charge in [0.15, 0.2) is 0 Å². The van der Waals surface area contributed by atoms with Crippen LogP contribution in [0.2, 0.25) is 0 Å². The number of amides is 1. The van der Waals surface area contributed by atoms with Gasteiger partial charge in [0.2, 0.25) is 5.91 Å². The van der Waals surface area contributed by atoms with Crippen molar-refractivity contribution >= 4 is 11.6 Å². The Morgan fingerprint density at radius 2 is 2.21 bits per heavy atom. The van der Waals surface area contributed by atoms with E-state index in [9.17, 15) is 4.79 Å². The molecule has 0 radical (unpaired) electrons. The van der Waals surface area contributed by atoms with Crippen LogP contribution >= 0.6 is 0 Å². The highest BCUT2D eigenvalue weighted by molar-refractivity contribution is 5.91. The Morgan fingerprint density at radius 1 is 1.42 bits per heavy atom. The third kappa shape index (κ3) is 5.41. The maximum Gasteiger partial charge on any atom is 0.250 e. The van der Waals surface area contributed by atoms with Gasteiger partial charge in [-0.3, -0.25) is 4.79 Å². The van der Waals surface area contributed by atoms with E-state index >= 15 is 0 Å². The standard InChI is InChI=1S/C15H22N2O2/c1-17(2)9-13-4-3-5-14(8-13)16-15(18)11-19-10-12-6-7-12/h3-5,8,12H,6-7,9-11H2,1-2H3,(H,16,18). The topological polar surface area (TPSA) is 41.6 Å². The number of benzene rings is 1. The fourth-order valence-electron chi connectivity index (χ4n) is 1.91. The molecule has 1 N–H and O–H groups in total. The molecule has 0 spiro atoms. The van der Waals surface area contributed by atoms with Gasteiger partial charge in [0.1, 0.15) is 6.61 Å². The highest BCUT2D eigenvalue weighted by Crippen LogP contribution is 2.28. The van der Waals surface area contributed by atoms with Crippen molar-refractivity contribution < 1.29 is 9.53 Å². The monoisotopic (exact) mass is 262 g/mol. The average Bonchev–Trinajstić information content (AvgIpc) is 3.12. The van der Waals surface area contributed by atoms with Crippen molar-refractivity contribution in [1.82, 2.24) is 4.90 Å². The lowest BCUT2D eigenvalue weighted by Crippen LogP contribution is -2.19. The molecule has 1 aliphatic carbocycles. The summed E-state index contributed by atoms with van der Waals surface area (Å²) in [6.45, 7) is 1.73. The fourth-order valence-corrected chi connectivity index (χ4v) is 1.91. The van der Waals surface area contributed by atoms with Gasteiger partial charge in [0, 0.05) is 12.2 Å². The van der Waals surface area contributed by atoms with Gasteiger partial charge in [-0.1, -0.05) is 12.1 Å². The molecule has 4 heteroatoms. The van der Waals surface area contributed by atoms with E-state index in [0.717, 1.165) is 12.2 Å². The summed E-state index contributed by atoms with van der Waals surface area (Å²) < 4.78 is 5.37. The van der Waals surface area contributed by atoms with E-state index in [1.807, 2.05) is 32.3 Å². The van der Waals surface area contributed by atoms with E-state index in [1.165, 1.54) is 18.4 Å².